The van der Waals surface area contributed by atoms with Crippen molar-refractivity contribution in [3.63, 3.8) is 0 Å². The predicted molar refractivity (Wildman–Crippen MR) is 66.8 cm³/mol. The number of aliphatic hydroxyl groups is 1. The Labute approximate surface area is 98.3 Å². The van der Waals surface area contributed by atoms with Crippen molar-refractivity contribution in [1.82, 2.24) is 0 Å². The average Bonchev–Trinajstić information content (AvgIpc) is 2.27. The second-order valence-corrected chi connectivity index (χ2v) is 4.47. The maximum absolute atomic E-state index is 9.14. The molecule has 16 heavy (non-hydrogen) atoms. The zero-order valence-corrected chi connectivity index (χ0v) is 10.4. The SMILES string of the molecule is CCC(CO)Cc1ccc(OC(C)C)cc1. The molecular weight excluding hydrogens is 200 g/mol. The van der Waals surface area contributed by atoms with E-state index in [1.807, 2.05) is 26.0 Å². The summed E-state index contributed by atoms with van der Waals surface area (Å²) in [5.74, 6) is 1.28. The summed E-state index contributed by atoms with van der Waals surface area (Å²) in [7, 11) is 0. The number of hydrogen-bond donors (Lipinski definition) is 1. The molecule has 1 N–H and O–H groups in total. The van der Waals surface area contributed by atoms with Crippen LogP contribution in [0, 0.1) is 5.92 Å². The fraction of sp³-hybridized carbons (Fsp3) is 0.571. The van der Waals surface area contributed by atoms with Crippen molar-refractivity contribution in [3.8, 4) is 5.75 Å². The molecule has 90 valence electrons. The average molecular weight is 222 g/mol. The van der Waals surface area contributed by atoms with Crippen molar-refractivity contribution in [2.24, 2.45) is 5.92 Å². The van der Waals surface area contributed by atoms with E-state index < -0.39 is 0 Å². The summed E-state index contributed by atoms with van der Waals surface area (Å²) >= 11 is 0. The van der Waals surface area contributed by atoms with Crippen LogP contribution in [0.4, 0.5) is 0 Å². The van der Waals surface area contributed by atoms with Gasteiger partial charge < -0.3 is 9.84 Å². The number of rotatable bonds is 6. The molecule has 0 radical (unpaired) electrons. The topological polar surface area (TPSA) is 29.5 Å². The standard InChI is InChI=1S/C14H22O2/c1-4-12(10-15)9-13-5-7-14(8-6-13)16-11(2)3/h5-8,11-12,15H,4,9-10H2,1-3H3. The van der Waals surface area contributed by atoms with Gasteiger partial charge in [0.25, 0.3) is 0 Å². The first-order valence-corrected chi connectivity index (χ1v) is 6.02. The van der Waals surface area contributed by atoms with E-state index in [2.05, 4.69) is 19.1 Å². The largest absolute Gasteiger partial charge is 0.491 e. The second-order valence-electron chi connectivity index (χ2n) is 4.47. The summed E-state index contributed by atoms with van der Waals surface area (Å²) in [6.45, 7) is 6.41. The van der Waals surface area contributed by atoms with Gasteiger partial charge in [-0.3, -0.25) is 0 Å². The minimum absolute atomic E-state index is 0.215. The van der Waals surface area contributed by atoms with E-state index in [1.54, 1.807) is 0 Å². The van der Waals surface area contributed by atoms with E-state index >= 15 is 0 Å². The summed E-state index contributed by atoms with van der Waals surface area (Å²) in [6, 6.07) is 8.16. The third-order valence-electron chi connectivity index (χ3n) is 2.66. The summed E-state index contributed by atoms with van der Waals surface area (Å²) in [5.41, 5.74) is 1.26. The third kappa shape index (κ3) is 4.23. The van der Waals surface area contributed by atoms with Crippen LogP contribution in [0.1, 0.15) is 32.8 Å². The van der Waals surface area contributed by atoms with Gasteiger partial charge in [0.2, 0.25) is 0 Å². The molecule has 2 heteroatoms. The van der Waals surface area contributed by atoms with Crippen LogP contribution >= 0.6 is 0 Å². The highest BCUT2D eigenvalue weighted by atomic mass is 16.5. The van der Waals surface area contributed by atoms with E-state index in [-0.39, 0.29) is 12.7 Å². The van der Waals surface area contributed by atoms with Gasteiger partial charge in [-0.25, -0.2) is 0 Å². The van der Waals surface area contributed by atoms with Gasteiger partial charge in [-0.1, -0.05) is 25.5 Å². The first-order chi connectivity index (χ1) is 7.65. The molecule has 0 saturated carbocycles. The highest BCUT2D eigenvalue weighted by Gasteiger charge is 2.06. The fourth-order valence-electron chi connectivity index (χ4n) is 1.65. The number of aliphatic hydroxyl groups excluding tert-OH is 1. The van der Waals surface area contributed by atoms with Gasteiger partial charge in [-0.2, -0.15) is 0 Å². The summed E-state index contributed by atoms with van der Waals surface area (Å²) in [5, 5.41) is 9.14. The van der Waals surface area contributed by atoms with Gasteiger partial charge in [0, 0.05) is 6.61 Å². The molecule has 0 aliphatic heterocycles. The first-order valence-electron chi connectivity index (χ1n) is 6.02. The molecule has 1 aromatic rings. The van der Waals surface area contributed by atoms with Crippen molar-refractivity contribution in [2.45, 2.75) is 39.7 Å². The Morgan fingerprint density at radius 3 is 2.25 bits per heavy atom. The molecule has 0 spiro atoms. The minimum Gasteiger partial charge on any atom is -0.491 e. The highest BCUT2D eigenvalue weighted by Crippen LogP contribution is 2.17. The number of benzene rings is 1. The molecule has 1 unspecified atom stereocenters. The quantitative estimate of drug-likeness (QED) is 0.801. The molecule has 0 fully saturated rings. The Bertz CT molecular complexity index is 286. The lowest BCUT2D eigenvalue weighted by Gasteiger charge is -2.13. The minimum atomic E-state index is 0.215. The van der Waals surface area contributed by atoms with Crippen LogP contribution in [0.5, 0.6) is 5.75 Å². The lowest BCUT2D eigenvalue weighted by molar-refractivity contribution is 0.222. The molecule has 0 amide bonds. The zero-order valence-electron chi connectivity index (χ0n) is 10.4. The predicted octanol–water partition coefficient (Wildman–Crippen LogP) is 3.03. The zero-order chi connectivity index (χ0) is 12.0. The molecule has 2 nitrogen and oxygen atoms in total. The van der Waals surface area contributed by atoms with Gasteiger partial charge in [-0.15, -0.1) is 0 Å². The van der Waals surface area contributed by atoms with Crippen molar-refractivity contribution in [1.29, 1.82) is 0 Å². The van der Waals surface area contributed by atoms with Crippen LogP contribution in [0.15, 0.2) is 24.3 Å². The summed E-state index contributed by atoms with van der Waals surface area (Å²) in [6.07, 6.45) is 2.17. The highest BCUT2D eigenvalue weighted by molar-refractivity contribution is 5.27. The van der Waals surface area contributed by atoms with Crippen LogP contribution in [0.2, 0.25) is 0 Å². The third-order valence-corrected chi connectivity index (χ3v) is 2.66. The van der Waals surface area contributed by atoms with Gasteiger partial charge >= 0.3 is 0 Å². The van der Waals surface area contributed by atoms with E-state index in [4.69, 9.17) is 9.84 Å². The lowest BCUT2D eigenvalue weighted by atomic mass is 9.98. The fourth-order valence-corrected chi connectivity index (χ4v) is 1.65. The lowest BCUT2D eigenvalue weighted by Crippen LogP contribution is -2.08. The van der Waals surface area contributed by atoms with Gasteiger partial charge in [0.05, 0.1) is 6.10 Å². The van der Waals surface area contributed by atoms with Crippen molar-refractivity contribution >= 4 is 0 Å². The molecule has 0 aliphatic carbocycles. The molecule has 0 saturated heterocycles. The molecule has 0 bridgehead atoms. The molecule has 0 aliphatic rings. The normalized spacial score (nSPS) is 12.8. The Morgan fingerprint density at radius 2 is 1.81 bits per heavy atom. The molecule has 0 heterocycles. The summed E-state index contributed by atoms with van der Waals surface area (Å²) in [4.78, 5) is 0. The Hall–Kier alpha value is -1.02. The van der Waals surface area contributed by atoms with Crippen LogP contribution in [-0.4, -0.2) is 17.8 Å². The molecule has 0 aromatic heterocycles. The van der Waals surface area contributed by atoms with Crippen LogP contribution in [0.3, 0.4) is 0 Å². The van der Waals surface area contributed by atoms with E-state index in [0.717, 1.165) is 18.6 Å². The van der Waals surface area contributed by atoms with Gasteiger partial charge in [-0.05, 0) is 43.9 Å². The first kappa shape index (κ1) is 13.0. The molecular formula is C14H22O2. The Morgan fingerprint density at radius 1 is 1.19 bits per heavy atom. The summed E-state index contributed by atoms with van der Waals surface area (Å²) < 4.78 is 5.58. The van der Waals surface area contributed by atoms with E-state index in [9.17, 15) is 0 Å². The van der Waals surface area contributed by atoms with Crippen molar-refractivity contribution < 1.29 is 9.84 Å². The van der Waals surface area contributed by atoms with E-state index in [0.29, 0.717) is 5.92 Å². The van der Waals surface area contributed by atoms with Crippen LogP contribution in [-0.2, 0) is 6.42 Å². The van der Waals surface area contributed by atoms with Crippen LogP contribution < -0.4 is 4.74 Å². The smallest absolute Gasteiger partial charge is 0.119 e. The molecule has 1 rings (SSSR count). The maximum atomic E-state index is 9.14. The number of ether oxygens (including phenoxy) is 1. The Balaban J connectivity index is 2.57. The van der Waals surface area contributed by atoms with Gasteiger partial charge in [0.15, 0.2) is 0 Å². The van der Waals surface area contributed by atoms with Crippen LogP contribution in [0.25, 0.3) is 0 Å². The van der Waals surface area contributed by atoms with Crippen molar-refractivity contribution in [2.75, 3.05) is 6.61 Å². The second kappa shape index (κ2) is 6.54. The van der Waals surface area contributed by atoms with Crippen molar-refractivity contribution in [3.05, 3.63) is 29.8 Å². The maximum Gasteiger partial charge on any atom is 0.119 e. The molecule has 1 aromatic carbocycles. The number of hydrogen-bond acceptors (Lipinski definition) is 2. The van der Waals surface area contributed by atoms with Gasteiger partial charge in [0.1, 0.15) is 5.75 Å². The molecule has 1 atom stereocenters. The monoisotopic (exact) mass is 222 g/mol. The van der Waals surface area contributed by atoms with E-state index in [1.165, 1.54) is 5.56 Å². The Kier molecular flexibility index (Phi) is 5.33.